The van der Waals surface area contributed by atoms with Gasteiger partial charge in [-0.1, -0.05) is 12.1 Å². The summed E-state index contributed by atoms with van der Waals surface area (Å²) in [6, 6.07) is 8.83. The van der Waals surface area contributed by atoms with Gasteiger partial charge in [-0.2, -0.15) is 4.31 Å². The van der Waals surface area contributed by atoms with Crippen molar-refractivity contribution in [2.24, 2.45) is 5.92 Å². The summed E-state index contributed by atoms with van der Waals surface area (Å²) < 4.78 is 47.5. The summed E-state index contributed by atoms with van der Waals surface area (Å²) in [5.74, 6) is -1.59. The normalized spacial score (nSPS) is 21.3. The summed E-state index contributed by atoms with van der Waals surface area (Å²) in [6.07, 6.45) is 0.270. The molecule has 2 N–H and O–H groups in total. The summed E-state index contributed by atoms with van der Waals surface area (Å²) in [5.41, 5.74) is 0.946. The second kappa shape index (κ2) is 8.51. The third kappa shape index (κ3) is 4.20. The number of aryl methyl sites for hydroxylation is 1. The van der Waals surface area contributed by atoms with Crippen LogP contribution < -0.4 is 15.4 Å². The molecule has 2 amide bonds. The number of hydrogen-bond donors (Lipinski definition) is 2. The van der Waals surface area contributed by atoms with E-state index < -0.39 is 33.8 Å². The fraction of sp³-hybridized carbons (Fsp3) is 0.364. The number of ether oxygens (including phenoxy) is 1. The van der Waals surface area contributed by atoms with Gasteiger partial charge in [0.2, 0.25) is 15.9 Å². The zero-order chi connectivity index (χ0) is 23.0. The smallest absolute Gasteiger partial charge is 0.265 e. The Kier molecular flexibility index (Phi) is 5.91. The van der Waals surface area contributed by atoms with E-state index in [1.54, 1.807) is 26.0 Å². The lowest BCUT2D eigenvalue weighted by Crippen LogP contribution is -2.44. The Morgan fingerprint density at radius 1 is 1.28 bits per heavy atom. The van der Waals surface area contributed by atoms with Gasteiger partial charge < -0.3 is 15.4 Å². The molecular weight excluding hydrogens is 437 g/mol. The number of piperidine rings is 1. The van der Waals surface area contributed by atoms with Crippen molar-refractivity contribution in [3.05, 3.63) is 47.8 Å². The van der Waals surface area contributed by atoms with E-state index in [1.807, 2.05) is 0 Å². The molecule has 2 atom stereocenters. The van der Waals surface area contributed by atoms with E-state index in [0.717, 1.165) is 0 Å². The first-order valence-corrected chi connectivity index (χ1v) is 11.8. The van der Waals surface area contributed by atoms with Crippen molar-refractivity contribution in [1.29, 1.82) is 0 Å². The van der Waals surface area contributed by atoms with Crippen molar-refractivity contribution in [3.8, 4) is 5.75 Å². The van der Waals surface area contributed by atoms with E-state index in [1.165, 1.54) is 28.6 Å². The number of anilines is 2. The summed E-state index contributed by atoms with van der Waals surface area (Å²) in [7, 11) is -3.92. The van der Waals surface area contributed by atoms with E-state index in [4.69, 9.17) is 4.74 Å². The van der Waals surface area contributed by atoms with Crippen LogP contribution in [0.25, 0.3) is 0 Å². The number of carbonyl (C=O) groups excluding carboxylic acids is 2. The van der Waals surface area contributed by atoms with Gasteiger partial charge in [-0.25, -0.2) is 12.8 Å². The minimum absolute atomic E-state index is 0.00681. The van der Waals surface area contributed by atoms with Crippen molar-refractivity contribution in [2.75, 3.05) is 23.7 Å². The van der Waals surface area contributed by atoms with Gasteiger partial charge in [-0.05, 0) is 50.5 Å². The lowest BCUT2D eigenvalue weighted by molar-refractivity contribution is -0.123. The Hall–Kier alpha value is -2.98. The van der Waals surface area contributed by atoms with Crippen LogP contribution in [0.2, 0.25) is 0 Å². The number of carbonyl (C=O) groups is 2. The molecule has 0 aromatic heterocycles. The first-order chi connectivity index (χ1) is 15.2. The van der Waals surface area contributed by atoms with Gasteiger partial charge in [0.1, 0.15) is 11.6 Å². The highest BCUT2D eigenvalue weighted by Crippen LogP contribution is 2.36. The van der Waals surface area contributed by atoms with Crippen LogP contribution in [0.3, 0.4) is 0 Å². The molecule has 0 saturated carbocycles. The Morgan fingerprint density at radius 2 is 2.03 bits per heavy atom. The van der Waals surface area contributed by atoms with Crippen LogP contribution in [0, 0.1) is 18.7 Å². The van der Waals surface area contributed by atoms with Crippen molar-refractivity contribution < 1.29 is 27.1 Å². The molecule has 0 unspecified atom stereocenters. The molecule has 0 spiro atoms. The highest BCUT2D eigenvalue weighted by molar-refractivity contribution is 7.89. The van der Waals surface area contributed by atoms with Crippen molar-refractivity contribution in [2.45, 2.75) is 37.7 Å². The topological polar surface area (TPSA) is 105 Å². The second-order valence-corrected chi connectivity index (χ2v) is 9.94. The van der Waals surface area contributed by atoms with E-state index in [0.29, 0.717) is 24.1 Å². The zero-order valence-corrected chi connectivity index (χ0v) is 18.5. The maximum Gasteiger partial charge on any atom is 0.265 e. The lowest BCUT2D eigenvalue weighted by Gasteiger charge is -2.32. The Bertz CT molecular complexity index is 1180. The molecule has 2 heterocycles. The van der Waals surface area contributed by atoms with Gasteiger partial charge in [-0.3, -0.25) is 9.59 Å². The van der Waals surface area contributed by atoms with Crippen LogP contribution in [-0.2, 0) is 19.6 Å². The number of benzene rings is 2. The predicted octanol–water partition coefficient (Wildman–Crippen LogP) is 2.89. The number of fused-ring (bicyclic) bond motifs is 1. The number of halogens is 1. The zero-order valence-electron chi connectivity index (χ0n) is 17.7. The lowest BCUT2D eigenvalue weighted by atomic mass is 9.98. The molecule has 8 nitrogen and oxygen atoms in total. The number of para-hydroxylation sites is 1. The second-order valence-electron chi connectivity index (χ2n) is 8.03. The predicted molar refractivity (Wildman–Crippen MR) is 116 cm³/mol. The van der Waals surface area contributed by atoms with E-state index in [2.05, 4.69) is 10.6 Å². The molecule has 0 bridgehead atoms. The molecule has 2 aromatic rings. The standard InChI is InChI=1S/C22H24FN3O5S/c1-13-10-18-19(31-14(2)21(27)25-18)11-20(13)32(29,30)26-9-5-6-15(12-26)22(28)24-17-8-4-3-7-16(17)23/h3-4,7-8,10-11,14-15H,5-6,9,12H2,1-2H3,(H,24,28)(H,25,27)/t14-,15-/m1/s1. The Morgan fingerprint density at radius 3 is 2.78 bits per heavy atom. The van der Waals surface area contributed by atoms with Gasteiger partial charge >= 0.3 is 0 Å². The van der Waals surface area contributed by atoms with E-state index in [-0.39, 0.29) is 35.3 Å². The molecule has 2 aliphatic rings. The molecule has 1 fully saturated rings. The molecule has 1 saturated heterocycles. The monoisotopic (exact) mass is 461 g/mol. The quantitative estimate of drug-likeness (QED) is 0.729. The van der Waals surface area contributed by atoms with Gasteiger partial charge in [-0.15, -0.1) is 0 Å². The van der Waals surface area contributed by atoms with Crippen LogP contribution in [0.15, 0.2) is 41.3 Å². The maximum atomic E-state index is 13.9. The number of hydrogen-bond acceptors (Lipinski definition) is 5. The average Bonchev–Trinajstić information content (AvgIpc) is 2.76. The molecule has 170 valence electrons. The third-order valence-corrected chi connectivity index (χ3v) is 7.72. The van der Waals surface area contributed by atoms with Crippen LogP contribution in [0.1, 0.15) is 25.3 Å². The summed E-state index contributed by atoms with van der Waals surface area (Å²) >= 11 is 0. The fourth-order valence-electron chi connectivity index (χ4n) is 3.93. The van der Waals surface area contributed by atoms with Gasteiger partial charge in [0.05, 0.1) is 22.2 Å². The molecule has 0 aliphatic carbocycles. The van der Waals surface area contributed by atoms with Crippen LogP contribution in [-0.4, -0.2) is 43.7 Å². The summed E-state index contributed by atoms with van der Waals surface area (Å²) in [4.78, 5) is 24.6. The SMILES string of the molecule is Cc1cc2c(cc1S(=O)(=O)N1CCC[C@@H](C(=O)Nc3ccccc3F)C1)O[C@H](C)C(=O)N2. The molecule has 32 heavy (non-hydrogen) atoms. The summed E-state index contributed by atoms with van der Waals surface area (Å²) in [5, 5.41) is 5.26. The number of rotatable bonds is 4. The van der Waals surface area contributed by atoms with Crippen LogP contribution in [0.4, 0.5) is 15.8 Å². The summed E-state index contributed by atoms with van der Waals surface area (Å²) in [6.45, 7) is 3.49. The number of sulfonamides is 1. The minimum Gasteiger partial charge on any atom is -0.479 e. The molecule has 2 aromatic carbocycles. The Balaban J connectivity index is 1.55. The minimum atomic E-state index is -3.92. The largest absolute Gasteiger partial charge is 0.479 e. The van der Waals surface area contributed by atoms with Gasteiger partial charge in [0, 0.05) is 19.2 Å². The van der Waals surface area contributed by atoms with E-state index in [9.17, 15) is 22.4 Å². The fourth-order valence-corrected chi connectivity index (χ4v) is 5.68. The number of nitrogens with one attached hydrogen (secondary N) is 2. The molecular formula is C22H24FN3O5S. The van der Waals surface area contributed by atoms with Crippen molar-refractivity contribution in [1.82, 2.24) is 4.31 Å². The molecule has 0 radical (unpaired) electrons. The molecule has 2 aliphatic heterocycles. The van der Waals surface area contributed by atoms with Crippen LogP contribution >= 0.6 is 0 Å². The van der Waals surface area contributed by atoms with Gasteiger partial charge in [0.25, 0.3) is 5.91 Å². The van der Waals surface area contributed by atoms with Crippen LogP contribution in [0.5, 0.6) is 5.75 Å². The highest BCUT2D eigenvalue weighted by Gasteiger charge is 2.35. The molecule has 4 rings (SSSR count). The maximum absolute atomic E-state index is 13.9. The average molecular weight is 462 g/mol. The van der Waals surface area contributed by atoms with E-state index >= 15 is 0 Å². The van der Waals surface area contributed by atoms with Crippen molar-refractivity contribution in [3.63, 3.8) is 0 Å². The first-order valence-electron chi connectivity index (χ1n) is 10.3. The Labute approximate surface area is 185 Å². The highest BCUT2D eigenvalue weighted by atomic mass is 32.2. The third-order valence-electron chi connectivity index (χ3n) is 5.71. The number of amides is 2. The molecule has 10 heteroatoms. The van der Waals surface area contributed by atoms with Crippen molar-refractivity contribution >= 4 is 33.2 Å². The number of nitrogens with zero attached hydrogens (tertiary/aromatic N) is 1. The first kappa shape index (κ1) is 22.2. The van der Waals surface area contributed by atoms with Gasteiger partial charge in [0.15, 0.2) is 6.10 Å².